The van der Waals surface area contributed by atoms with Crippen LogP contribution < -0.4 is 15.5 Å². The fraction of sp³-hybridized carbons (Fsp3) is 0.684. The molecule has 154 valence electrons. The van der Waals surface area contributed by atoms with Gasteiger partial charge in [-0.15, -0.1) is 24.0 Å². The van der Waals surface area contributed by atoms with E-state index in [2.05, 4.69) is 39.4 Å². The van der Waals surface area contributed by atoms with Crippen molar-refractivity contribution < 1.29 is 4.74 Å². The van der Waals surface area contributed by atoms with Gasteiger partial charge >= 0.3 is 0 Å². The van der Waals surface area contributed by atoms with Crippen molar-refractivity contribution in [3.63, 3.8) is 0 Å². The van der Waals surface area contributed by atoms with Gasteiger partial charge in [0.25, 0.3) is 0 Å². The average Bonchev–Trinajstić information content (AvgIpc) is 3.08. The number of hydrogen-bond donors (Lipinski definition) is 2. The molecule has 0 aromatic carbocycles. The number of aromatic nitrogens is 1. The highest BCUT2D eigenvalue weighted by molar-refractivity contribution is 14.0. The molecule has 2 unspecified atom stereocenters. The number of nitrogens with one attached hydrogen (secondary N) is 2. The molecule has 1 aromatic heterocycles. The van der Waals surface area contributed by atoms with Gasteiger partial charge in [-0.1, -0.05) is 25.4 Å². The maximum Gasteiger partial charge on any atom is 0.191 e. The summed E-state index contributed by atoms with van der Waals surface area (Å²) < 4.78 is 5.80. The second-order valence-electron chi connectivity index (χ2n) is 6.91. The van der Waals surface area contributed by atoms with Crippen LogP contribution in [0.2, 0.25) is 5.02 Å². The molecule has 8 heteroatoms. The molecule has 2 atom stereocenters. The molecule has 0 radical (unpaired) electrons. The van der Waals surface area contributed by atoms with Gasteiger partial charge in [0.05, 0.1) is 11.1 Å². The Hall–Kier alpha value is -0.800. The summed E-state index contributed by atoms with van der Waals surface area (Å²) in [5.74, 6) is 2.21. The van der Waals surface area contributed by atoms with Gasteiger partial charge in [-0.05, 0) is 37.8 Å². The van der Waals surface area contributed by atoms with Crippen LogP contribution >= 0.6 is 35.6 Å². The number of pyridine rings is 1. The summed E-state index contributed by atoms with van der Waals surface area (Å²) in [4.78, 5) is 11.0. The van der Waals surface area contributed by atoms with E-state index in [9.17, 15) is 0 Å². The lowest BCUT2D eigenvalue weighted by atomic mass is 10.0. The third-order valence-electron chi connectivity index (χ3n) is 4.64. The highest BCUT2D eigenvalue weighted by atomic mass is 127. The maximum absolute atomic E-state index is 6.26. The lowest BCUT2D eigenvalue weighted by Crippen LogP contribution is -2.45. The van der Waals surface area contributed by atoms with E-state index in [1.54, 1.807) is 13.2 Å². The minimum atomic E-state index is 0. The topological polar surface area (TPSA) is 61.8 Å². The van der Waals surface area contributed by atoms with Crippen LogP contribution in [0.15, 0.2) is 23.3 Å². The number of ether oxygens (including phenoxy) is 1. The Balaban J connectivity index is 0.00000364. The minimum Gasteiger partial charge on any atom is -0.378 e. The summed E-state index contributed by atoms with van der Waals surface area (Å²) in [6.07, 6.45) is 4.05. The molecule has 2 heterocycles. The van der Waals surface area contributed by atoms with Crippen LogP contribution in [-0.2, 0) is 4.74 Å². The second kappa shape index (κ2) is 12.6. The van der Waals surface area contributed by atoms with Crippen molar-refractivity contribution >= 4 is 47.4 Å². The first-order valence-electron chi connectivity index (χ1n) is 9.49. The van der Waals surface area contributed by atoms with Gasteiger partial charge < -0.3 is 20.3 Å². The monoisotopic (exact) mass is 509 g/mol. The molecule has 0 saturated carbocycles. The first-order valence-corrected chi connectivity index (χ1v) is 9.87. The van der Waals surface area contributed by atoms with Gasteiger partial charge in [0.2, 0.25) is 0 Å². The van der Waals surface area contributed by atoms with Gasteiger partial charge in [0.15, 0.2) is 5.96 Å². The zero-order chi connectivity index (χ0) is 18.9. The molecule has 1 aliphatic heterocycles. The van der Waals surface area contributed by atoms with Crippen LogP contribution in [-0.4, -0.2) is 56.4 Å². The van der Waals surface area contributed by atoms with Gasteiger partial charge in [-0.2, -0.15) is 0 Å². The van der Waals surface area contributed by atoms with E-state index < -0.39 is 0 Å². The largest absolute Gasteiger partial charge is 0.378 e. The molecule has 1 aromatic rings. The van der Waals surface area contributed by atoms with Gasteiger partial charge in [-0.25, -0.2) is 4.98 Å². The molecule has 1 fully saturated rings. The first kappa shape index (κ1) is 24.2. The van der Waals surface area contributed by atoms with Crippen LogP contribution in [0, 0.1) is 5.92 Å². The number of hydrogen-bond acceptors (Lipinski definition) is 4. The van der Waals surface area contributed by atoms with Crippen LogP contribution in [0.5, 0.6) is 0 Å². The number of rotatable bonds is 8. The van der Waals surface area contributed by atoms with Crippen molar-refractivity contribution in [2.45, 2.75) is 45.8 Å². The number of aliphatic imine (C=N–C) groups is 1. The summed E-state index contributed by atoms with van der Waals surface area (Å²) in [6, 6.07) is 4.07. The zero-order valence-corrected chi connectivity index (χ0v) is 19.8. The quantitative estimate of drug-likeness (QED) is 0.319. The predicted octanol–water partition coefficient (Wildman–Crippen LogP) is 3.55. The highest BCUT2D eigenvalue weighted by Gasteiger charge is 2.25. The lowest BCUT2D eigenvalue weighted by Gasteiger charge is -2.23. The highest BCUT2D eigenvalue weighted by Crippen LogP contribution is 2.25. The van der Waals surface area contributed by atoms with Crippen LogP contribution in [0.25, 0.3) is 0 Å². The summed E-state index contributed by atoms with van der Waals surface area (Å²) in [6.45, 7) is 9.83. The normalized spacial score (nSPS) is 18.4. The van der Waals surface area contributed by atoms with E-state index in [0.717, 1.165) is 50.9 Å². The fourth-order valence-electron chi connectivity index (χ4n) is 3.22. The van der Waals surface area contributed by atoms with E-state index in [-0.39, 0.29) is 30.1 Å². The van der Waals surface area contributed by atoms with Gasteiger partial charge in [-0.3, -0.25) is 4.99 Å². The third kappa shape index (κ3) is 7.62. The summed E-state index contributed by atoms with van der Waals surface area (Å²) in [5.41, 5.74) is 0. The van der Waals surface area contributed by atoms with Crippen LogP contribution in [0.4, 0.5) is 5.82 Å². The molecule has 0 spiro atoms. The molecule has 0 aliphatic carbocycles. The molecule has 2 rings (SSSR count). The van der Waals surface area contributed by atoms with Crippen molar-refractivity contribution in [1.82, 2.24) is 15.6 Å². The number of guanidine groups is 1. The van der Waals surface area contributed by atoms with E-state index in [1.165, 1.54) is 0 Å². The van der Waals surface area contributed by atoms with E-state index in [0.29, 0.717) is 17.0 Å². The smallest absolute Gasteiger partial charge is 0.191 e. The Morgan fingerprint density at radius 1 is 1.48 bits per heavy atom. The molecule has 1 saturated heterocycles. The molecule has 0 amide bonds. The first-order chi connectivity index (χ1) is 12.5. The van der Waals surface area contributed by atoms with Crippen molar-refractivity contribution in [2.75, 3.05) is 38.2 Å². The molecule has 27 heavy (non-hydrogen) atoms. The van der Waals surface area contributed by atoms with Gasteiger partial charge in [0.1, 0.15) is 5.82 Å². The molecular weight excluding hydrogens is 477 g/mol. The van der Waals surface area contributed by atoms with E-state index >= 15 is 0 Å². The average molecular weight is 510 g/mol. The Morgan fingerprint density at radius 3 is 2.89 bits per heavy atom. The van der Waals surface area contributed by atoms with Crippen molar-refractivity contribution in [3.8, 4) is 0 Å². The summed E-state index contributed by atoms with van der Waals surface area (Å²) >= 11 is 6.26. The minimum absolute atomic E-state index is 0. The molecule has 1 aliphatic rings. The second-order valence-corrected chi connectivity index (χ2v) is 7.32. The Morgan fingerprint density at radius 2 is 2.26 bits per heavy atom. The van der Waals surface area contributed by atoms with Crippen molar-refractivity contribution in [1.29, 1.82) is 0 Å². The third-order valence-corrected chi connectivity index (χ3v) is 4.93. The SMILES string of the molecule is CCOC(CCNC(=NC)NC1CCN(c2ncccc2Cl)C1)C(C)C.I. The van der Waals surface area contributed by atoms with Crippen LogP contribution in [0.1, 0.15) is 33.6 Å². The Bertz CT molecular complexity index is 587. The number of anilines is 1. The number of nitrogens with zero attached hydrogens (tertiary/aromatic N) is 3. The molecule has 6 nitrogen and oxygen atoms in total. The van der Waals surface area contributed by atoms with Crippen LogP contribution in [0.3, 0.4) is 0 Å². The molecule has 0 bridgehead atoms. The number of halogens is 2. The summed E-state index contributed by atoms with van der Waals surface area (Å²) in [7, 11) is 1.81. The fourth-order valence-corrected chi connectivity index (χ4v) is 3.47. The van der Waals surface area contributed by atoms with E-state index in [1.807, 2.05) is 19.1 Å². The van der Waals surface area contributed by atoms with Crippen molar-refractivity contribution in [3.05, 3.63) is 23.4 Å². The lowest BCUT2D eigenvalue weighted by molar-refractivity contribution is 0.0258. The summed E-state index contributed by atoms with van der Waals surface area (Å²) in [5, 5.41) is 7.61. The predicted molar refractivity (Wildman–Crippen MR) is 125 cm³/mol. The standard InChI is InChI=1S/C19H32ClN5O.HI/c1-5-26-17(14(2)3)8-11-23-19(21-4)24-15-9-12-25(13-15)18-16(20)7-6-10-22-18;/h6-7,10,14-15,17H,5,8-9,11-13H2,1-4H3,(H2,21,23,24);1H. The zero-order valence-electron chi connectivity index (χ0n) is 16.7. The van der Waals surface area contributed by atoms with Gasteiger partial charge in [0, 0.05) is 45.5 Å². The van der Waals surface area contributed by atoms with Crippen molar-refractivity contribution in [2.24, 2.45) is 10.9 Å². The molecule has 2 N–H and O–H groups in total. The molecular formula is C19H33ClIN5O. The Labute approximate surface area is 185 Å². The Kier molecular flexibility index (Phi) is 11.3. The maximum atomic E-state index is 6.26. The van der Waals surface area contributed by atoms with E-state index in [4.69, 9.17) is 16.3 Å².